The molecule has 0 saturated heterocycles. The fourth-order valence-electron chi connectivity index (χ4n) is 1.15. The Morgan fingerprint density at radius 1 is 1.00 bits per heavy atom. The number of amides is 2. The Balaban J connectivity index is 4.95. The van der Waals surface area contributed by atoms with Crippen molar-refractivity contribution in [3.63, 3.8) is 0 Å². The predicted octanol–water partition coefficient (Wildman–Crippen LogP) is 1.50. The molecule has 0 rings (SSSR count). The molecule has 0 aliphatic heterocycles. The van der Waals surface area contributed by atoms with Gasteiger partial charge in [0.2, 0.25) is 0 Å². The smallest absolute Gasteiger partial charge is 0.427 e. The van der Waals surface area contributed by atoms with Crippen LogP contribution in [0.25, 0.3) is 0 Å². The number of hydrazine groups is 1. The summed E-state index contributed by atoms with van der Waals surface area (Å²) >= 11 is 0. The zero-order valence-electron chi connectivity index (χ0n) is 10.0. The number of hydrogen-bond donors (Lipinski definition) is 0. The molecule has 0 heterocycles. The summed E-state index contributed by atoms with van der Waals surface area (Å²) in [5, 5.41) is 1.14. The fraction of sp³-hybridized carbons (Fsp3) is 0.750. The Bertz CT molecular complexity index is 252. The van der Waals surface area contributed by atoms with Crippen LogP contribution in [0.1, 0.15) is 0 Å². The second-order valence-corrected chi connectivity index (χ2v) is 8.71. The van der Waals surface area contributed by atoms with Gasteiger partial charge in [-0.3, -0.25) is 0 Å². The van der Waals surface area contributed by atoms with E-state index in [1.54, 1.807) is 0 Å². The first-order chi connectivity index (χ1) is 6.75. The van der Waals surface area contributed by atoms with E-state index in [1.807, 2.05) is 19.6 Å². The van der Waals surface area contributed by atoms with Gasteiger partial charge in [-0.05, 0) is 19.6 Å². The molecule has 2 amide bonds. The third-order valence-corrected chi connectivity index (χ3v) is 3.48. The summed E-state index contributed by atoms with van der Waals surface area (Å²) in [4.78, 5) is 22.8. The summed E-state index contributed by atoms with van der Waals surface area (Å²) in [5.41, 5.74) is 0. The molecule has 0 aliphatic rings. The minimum Gasteiger partial charge on any atom is -0.452 e. The van der Waals surface area contributed by atoms with Crippen LogP contribution < -0.4 is 0 Å². The number of methoxy groups -OCH3 is 2. The summed E-state index contributed by atoms with van der Waals surface area (Å²) in [6.07, 6.45) is -1.15. The summed E-state index contributed by atoms with van der Waals surface area (Å²) in [5.74, 6) is 0. The molecule has 0 saturated carbocycles. The fourth-order valence-corrected chi connectivity index (χ4v) is 2.77. The van der Waals surface area contributed by atoms with Crippen molar-refractivity contribution in [3.05, 3.63) is 0 Å². The van der Waals surface area contributed by atoms with E-state index in [9.17, 15) is 9.59 Å². The van der Waals surface area contributed by atoms with Crippen molar-refractivity contribution in [1.82, 2.24) is 9.68 Å². The highest BCUT2D eigenvalue weighted by Gasteiger charge is 2.35. The Hall–Kier alpha value is -1.24. The molecule has 15 heavy (non-hydrogen) atoms. The van der Waals surface area contributed by atoms with Gasteiger partial charge in [0.15, 0.2) is 8.24 Å². The summed E-state index contributed by atoms with van der Waals surface area (Å²) in [7, 11) is 1.99. The van der Waals surface area contributed by atoms with Crippen molar-refractivity contribution in [2.24, 2.45) is 0 Å². The second kappa shape index (κ2) is 5.01. The van der Waals surface area contributed by atoms with Crippen LogP contribution in [0.2, 0.25) is 19.6 Å². The number of hydrogen-bond acceptors (Lipinski definition) is 4. The standard InChI is InChI=1S/C8H18N2O4Si/c1-9(7(11)13-2)10(8(12)14-3)15(4,5)6/h1-6H3. The Morgan fingerprint density at radius 3 is 1.67 bits per heavy atom. The average Bonchev–Trinajstić information content (AvgIpc) is 2.14. The van der Waals surface area contributed by atoms with Crippen molar-refractivity contribution >= 4 is 20.4 Å². The monoisotopic (exact) mass is 234 g/mol. The normalized spacial score (nSPS) is 10.5. The van der Waals surface area contributed by atoms with Crippen LogP contribution in [0.3, 0.4) is 0 Å². The molecule has 0 aliphatic carbocycles. The van der Waals surface area contributed by atoms with Crippen LogP contribution in [-0.4, -0.2) is 51.4 Å². The Kier molecular flexibility index (Phi) is 4.60. The van der Waals surface area contributed by atoms with Crippen LogP contribution in [0.4, 0.5) is 9.59 Å². The molecule has 0 N–H and O–H groups in total. The van der Waals surface area contributed by atoms with Gasteiger partial charge in [-0.25, -0.2) is 19.3 Å². The van der Waals surface area contributed by atoms with Gasteiger partial charge in [0.1, 0.15) is 0 Å². The van der Waals surface area contributed by atoms with E-state index >= 15 is 0 Å². The molecule has 0 aromatic heterocycles. The third-order valence-electron chi connectivity index (χ3n) is 1.72. The van der Waals surface area contributed by atoms with Crippen molar-refractivity contribution in [2.75, 3.05) is 21.3 Å². The van der Waals surface area contributed by atoms with E-state index in [0.29, 0.717) is 0 Å². The molecule has 0 radical (unpaired) electrons. The molecule has 0 aromatic carbocycles. The molecule has 0 atom stereocenters. The number of nitrogens with zero attached hydrogens (tertiary/aromatic N) is 2. The van der Waals surface area contributed by atoms with Crippen LogP contribution in [0.15, 0.2) is 0 Å². The molecule has 6 nitrogen and oxygen atoms in total. The SMILES string of the molecule is COC(=O)N(C)N(C(=O)OC)[Si](C)(C)C. The third kappa shape index (κ3) is 3.43. The predicted molar refractivity (Wildman–Crippen MR) is 57.8 cm³/mol. The van der Waals surface area contributed by atoms with Crippen LogP contribution in [-0.2, 0) is 9.47 Å². The molecule has 0 aromatic rings. The first-order valence-corrected chi connectivity index (χ1v) is 7.90. The van der Waals surface area contributed by atoms with Crippen LogP contribution in [0.5, 0.6) is 0 Å². The maximum atomic E-state index is 11.5. The van der Waals surface area contributed by atoms with Gasteiger partial charge in [0, 0.05) is 7.05 Å². The molecular formula is C8H18N2O4Si. The molecular weight excluding hydrogens is 216 g/mol. The van der Waals surface area contributed by atoms with Crippen LogP contribution >= 0.6 is 0 Å². The molecule has 0 fully saturated rings. The average molecular weight is 234 g/mol. The van der Waals surface area contributed by atoms with E-state index in [-0.39, 0.29) is 0 Å². The lowest BCUT2D eigenvalue weighted by molar-refractivity contribution is 0.0461. The van der Waals surface area contributed by atoms with E-state index < -0.39 is 20.4 Å². The van der Waals surface area contributed by atoms with Crippen molar-refractivity contribution in [1.29, 1.82) is 0 Å². The Morgan fingerprint density at radius 2 is 1.40 bits per heavy atom. The van der Waals surface area contributed by atoms with Crippen LogP contribution in [0, 0.1) is 0 Å². The molecule has 88 valence electrons. The summed E-state index contributed by atoms with van der Waals surface area (Å²) < 4.78 is 10.5. The minimum atomic E-state index is -2.03. The first kappa shape index (κ1) is 13.8. The first-order valence-electron chi connectivity index (χ1n) is 4.45. The van der Waals surface area contributed by atoms with E-state index in [2.05, 4.69) is 9.47 Å². The lowest BCUT2D eigenvalue weighted by Crippen LogP contribution is -2.59. The molecule has 7 heteroatoms. The molecule has 0 unspecified atom stereocenters. The van der Waals surface area contributed by atoms with Gasteiger partial charge in [-0.1, -0.05) is 0 Å². The molecule has 0 spiro atoms. The maximum Gasteiger partial charge on any atom is 0.427 e. The highest BCUT2D eigenvalue weighted by atomic mass is 28.3. The topological polar surface area (TPSA) is 59.1 Å². The van der Waals surface area contributed by atoms with Gasteiger partial charge in [0.05, 0.1) is 14.2 Å². The lowest BCUT2D eigenvalue weighted by atomic mass is 11.0. The quantitative estimate of drug-likeness (QED) is 0.509. The van der Waals surface area contributed by atoms with Crippen molar-refractivity contribution in [3.8, 4) is 0 Å². The van der Waals surface area contributed by atoms with E-state index in [4.69, 9.17) is 0 Å². The van der Waals surface area contributed by atoms with Gasteiger partial charge < -0.3 is 9.47 Å². The zero-order chi connectivity index (χ0) is 12.2. The summed E-state index contributed by atoms with van der Waals surface area (Å²) in [6.45, 7) is 5.76. The van der Waals surface area contributed by atoms with Gasteiger partial charge >= 0.3 is 12.2 Å². The highest BCUT2D eigenvalue weighted by Crippen LogP contribution is 2.14. The Labute approximate surface area is 90.8 Å². The number of rotatable bonds is 1. The van der Waals surface area contributed by atoms with Crippen molar-refractivity contribution in [2.45, 2.75) is 19.6 Å². The van der Waals surface area contributed by atoms with Gasteiger partial charge in [0.25, 0.3) is 0 Å². The highest BCUT2D eigenvalue weighted by molar-refractivity contribution is 6.75. The number of carbonyl (C=O) groups excluding carboxylic acids is 2. The second-order valence-electron chi connectivity index (χ2n) is 3.95. The number of ether oxygens (including phenoxy) is 2. The molecule has 0 bridgehead atoms. The largest absolute Gasteiger partial charge is 0.452 e. The van der Waals surface area contributed by atoms with Crippen molar-refractivity contribution < 1.29 is 19.1 Å². The van der Waals surface area contributed by atoms with Gasteiger partial charge in [-0.15, -0.1) is 0 Å². The number of carbonyl (C=O) groups is 2. The zero-order valence-corrected chi connectivity index (χ0v) is 11.0. The van der Waals surface area contributed by atoms with Gasteiger partial charge in [-0.2, -0.15) is 0 Å². The maximum absolute atomic E-state index is 11.5. The lowest BCUT2D eigenvalue weighted by Gasteiger charge is -2.38. The minimum absolute atomic E-state index is 0.554. The van der Waals surface area contributed by atoms with E-state index in [1.165, 1.54) is 25.9 Å². The van der Waals surface area contributed by atoms with E-state index in [0.717, 1.165) is 5.01 Å². The summed E-state index contributed by atoms with van der Waals surface area (Å²) in [6, 6.07) is 0.